The van der Waals surface area contributed by atoms with Gasteiger partial charge in [0.15, 0.2) is 0 Å². The van der Waals surface area contributed by atoms with Crippen LogP contribution in [0.2, 0.25) is 0 Å². The molecular weight excluding hydrogens is 538 g/mol. The molecule has 1 amide bonds. The summed E-state index contributed by atoms with van der Waals surface area (Å²) in [6, 6.07) is -0.994. The van der Waals surface area contributed by atoms with Crippen LogP contribution in [0.25, 0.3) is 0 Å². The summed E-state index contributed by atoms with van der Waals surface area (Å²) in [7, 11) is 0. The van der Waals surface area contributed by atoms with Gasteiger partial charge in [0.25, 0.3) is 0 Å². The zero-order valence-electron chi connectivity index (χ0n) is 28.5. The molecule has 0 aromatic carbocycles. The Balaban J connectivity index is 3.83. The van der Waals surface area contributed by atoms with Gasteiger partial charge in [0, 0.05) is 0 Å². The Morgan fingerprint density at radius 2 is 0.953 bits per heavy atom. The Morgan fingerprint density at radius 3 is 1.40 bits per heavy atom. The van der Waals surface area contributed by atoms with Crippen molar-refractivity contribution in [2.45, 2.75) is 212 Å². The van der Waals surface area contributed by atoms with Crippen LogP contribution < -0.4 is 5.32 Å². The van der Waals surface area contributed by atoms with Gasteiger partial charge in [-0.15, -0.1) is 0 Å². The lowest BCUT2D eigenvalue weighted by Gasteiger charge is -2.27. The lowest BCUT2D eigenvalue weighted by molar-refractivity contribution is -0.132. The lowest BCUT2D eigenvalue weighted by atomic mass is 10.00. The van der Waals surface area contributed by atoms with E-state index < -0.39 is 36.9 Å². The molecule has 0 aliphatic rings. The Morgan fingerprint density at radius 1 is 0.558 bits per heavy atom. The number of nitrogens with one attached hydrogen (secondary N) is 1. The molecule has 5 N–H and O–H groups in total. The number of amides is 1. The smallest absolute Gasteiger partial charge is 0.249 e. The molecule has 256 valence electrons. The van der Waals surface area contributed by atoms with Crippen molar-refractivity contribution in [1.29, 1.82) is 0 Å². The summed E-state index contributed by atoms with van der Waals surface area (Å²) < 4.78 is 0. The third-order valence-electron chi connectivity index (χ3n) is 8.73. The normalized spacial score (nSPS) is 14.7. The number of carbonyl (C=O) groups excluding carboxylic acids is 1. The SMILES string of the molecule is CCCCCCCCCCCCCC/C=C/CCCC(O)C(O)C(CO)NC(=O)C(O)CCCCCCCCCCCC. The number of carbonyl (C=O) groups is 1. The van der Waals surface area contributed by atoms with E-state index in [2.05, 4.69) is 31.3 Å². The topological polar surface area (TPSA) is 110 Å². The number of hydrogen-bond donors (Lipinski definition) is 5. The highest BCUT2D eigenvalue weighted by Crippen LogP contribution is 2.15. The highest BCUT2D eigenvalue weighted by Gasteiger charge is 2.28. The predicted octanol–water partition coefficient (Wildman–Crippen LogP) is 8.67. The fourth-order valence-corrected chi connectivity index (χ4v) is 5.70. The number of aliphatic hydroxyl groups excluding tert-OH is 4. The van der Waals surface area contributed by atoms with Gasteiger partial charge in [0.05, 0.1) is 18.8 Å². The summed E-state index contributed by atoms with van der Waals surface area (Å²) in [6.07, 6.45) is 32.4. The van der Waals surface area contributed by atoms with Gasteiger partial charge < -0.3 is 25.7 Å². The molecule has 0 saturated carbocycles. The quantitative estimate of drug-likeness (QED) is 0.0377. The van der Waals surface area contributed by atoms with Crippen molar-refractivity contribution in [1.82, 2.24) is 5.32 Å². The van der Waals surface area contributed by atoms with Gasteiger partial charge in [-0.3, -0.25) is 4.79 Å². The van der Waals surface area contributed by atoms with Gasteiger partial charge in [-0.2, -0.15) is 0 Å². The number of allylic oxidation sites excluding steroid dienone is 2. The fraction of sp³-hybridized carbons (Fsp3) is 0.919. The van der Waals surface area contributed by atoms with E-state index in [0.29, 0.717) is 12.8 Å². The fourth-order valence-electron chi connectivity index (χ4n) is 5.70. The molecule has 0 aliphatic heterocycles. The Hall–Kier alpha value is -0.950. The molecule has 0 aliphatic carbocycles. The van der Waals surface area contributed by atoms with Crippen molar-refractivity contribution < 1.29 is 25.2 Å². The maximum absolute atomic E-state index is 12.4. The van der Waals surface area contributed by atoms with E-state index in [0.717, 1.165) is 38.5 Å². The maximum atomic E-state index is 12.4. The van der Waals surface area contributed by atoms with Crippen molar-refractivity contribution in [2.75, 3.05) is 6.61 Å². The van der Waals surface area contributed by atoms with E-state index in [4.69, 9.17) is 0 Å². The summed E-state index contributed by atoms with van der Waals surface area (Å²) in [5.41, 5.74) is 0. The minimum Gasteiger partial charge on any atom is -0.394 e. The standard InChI is InChI=1S/C37H73NO5/c1-3-5-7-9-11-13-15-16-17-18-19-20-21-23-24-26-28-30-34(40)36(42)33(32-39)38-37(43)35(41)31-29-27-25-22-14-12-10-8-6-4-2/h23-24,33-36,39-42H,3-22,25-32H2,1-2H3,(H,38,43)/b24-23+. The number of aliphatic hydroxyl groups is 4. The summed E-state index contributed by atoms with van der Waals surface area (Å²) in [4.78, 5) is 12.4. The van der Waals surface area contributed by atoms with Gasteiger partial charge in [-0.05, 0) is 38.5 Å². The van der Waals surface area contributed by atoms with Crippen molar-refractivity contribution in [3.63, 3.8) is 0 Å². The van der Waals surface area contributed by atoms with Gasteiger partial charge in [-0.25, -0.2) is 0 Å². The van der Waals surface area contributed by atoms with Gasteiger partial charge in [0.1, 0.15) is 12.2 Å². The van der Waals surface area contributed by atoms with E-state index >= 15 is 0 Å². The maximum Gasteiger partial charge on any atom is 0.249 e. The molecule has 43 heavy (non-hydrogen) atoms. The highest BCUT2D eigenvalue weighted by atomic mass is 16.3. The van der Waals surface area contributed by atoms with Crippen molar-refractivity contribution in [3.05, 3.63) is 12.2 Å². The van der Waals surface area contributed by atoms with Gasteiger partial charge >= 0.3 is 0 Å². The van der Waals surface area contributed by atoms with Crippen LogP contribution >= 0.6 is 0 Å². The third-order valence-corrected chi connectivity index (χ3v) is 8.73. The molecule has 6 nitrogen and oxygen atoms in total. The molecule has 0 aromatic heterocycles. The largest absolute Gasteiger partial charge is 0.394 e. The van der Waals surface area contributed by atoms with Gasteiger partial charge in [-0.1, -0.05) is 161 Å². The predicted molar refractivity (Wildman–Crippen MR) is 182 cm³/mol. The molecule has 0 heterocycles. The first kappa shape index (κ1) is 42.0. The minimum atomic E-state index is -1.27. The van der Waals surface area contributed by atoms with E-state index in [1.54, 1.807) is 0 Å². The van der Waals surface area contributed by atoms with Crippen LogP contribution in [0.3, 0.4) is 0 Å². The summed E-state index contributed by atoms with van der Waals surface area (Å²) in [5.74, 6) is -0.595. The first-order valence-electron chi connectivity index (χ1n) is 18.6. The van der Waals surface area contributed by atoms with Crippen LogP contribution in [-0.4, -0.2) is 57.3 Å². The number of unbranched alkanes of at least 4 members (excludes halogenated alkanes) is 22. The van der Waals surface area contributed by atoms with Crippen molar-refractivity contribution in [3.8, 4) is 0 Å². The van der Waals surface area contributed by atoms with Crippen LogP contribution in [0.1, 0.15) is 187 Å². The second-order valence-corrected chi connectivity index (χ2v) is 12.9. The van der Waals surface area contributed by atoms with Crippen molar-refractivity contribution >= 4 is 5.91 Å². The molecule has 0 radical (unpaired) electrons. The zero-order valence-corrected chi connectivity index (χ0v) is 28.5. The monoisotopic (exact) mass is 612 g/mol. The zero-order chi connectivity index (χ0) is 31.8. The molecule has 4 unspecified atom stereocenters. The molecule has 0 saturated heterocycles. The average molecular weight is 612 g/mol. The Labute approximate surface area is 266 Å². The highest BCUT2D eigenvalue weighted by molar-refractivity contribution is 5.80. The van der Waals surface area contributed by atoms with Crippen LogP contribution in [0.5, 0.6) is 0 Å². The second kappa shape index (κ2) is 32.4. The van der Waals surface area contributed by atoms with Gasteiger partial charge in [0.2, 0.25) is 5.91 Å². The average Bonchev–Trinajstić information content (AvgIpc) is 3.01. The van der Waals surface area contributed by atoms with Crippen LogP contribution in [0.15, 0.2) is 12.2 Å². The summed E-state index contributed by atoms with van der Waals surface area (Å²) in [6.45, 7) is 4.00. The summed E-state index contributed by atoms with van der Waals surface area (Å²) in [5, 5.41) is 43.3. The van der Waals surface area contributed by atoms with Crippen LogP contribution in [0.4, 0.5) is 0 Å². The van der Waals surface area contributed by atoms with Crippen LogP contribution in [0, 0.1) is 0 Å². The molecule has 0 aromatic rings. The first-order valence-corrected chi connectivity index (χ1v) is 18.6. The third kappa shape index (κ3) is 27.1. The van der Waals surface area contributed by atoms with Crippen LogP contribution in [-0.2, 0) is 4.79 Å². The van der Waals surface area contributed by atoms with E-state index in [1.165, 1.54) is 122 Å². The second-order valence-electron chi connectivity index (χ2n) is 12.9. The van der Waals surface area contributed by atoms with Crippen molar-refractivity contribution in [2.24, 2.45) is 0 Å². The molecule has 0 fully saturated rings. The molecular formula is C37H73NO5. The Kier molecular flexibility index (Phi) is 31.7. The lowest BCUT2D eigenvalue weighted by Crippen LogP contribution is -2.53. The molecule has 0 bridgehead atoms. The molecule has 0 rings (SSSR count). The first-order chi connectivity index (χ1) is 21.0. The Bertz CT molecular complexity index is 614. The molecule has 4 atom stereocenters. The summed E-state index contributed by atoms with van der Waals surface area (Å²) >= 11 is 0. The van der Waals surface area contributed by atoms with E-state index in [-0.39, 0.29) is 0 Å². The van der Waals surface area contributed by atoms with E-state index in [9.17, 15) is 25.2 Å². The molecule has 6 heteroatoms. The number of hydrogen-bond acceptors (Lipinski definition) is 5. The number of rotatable bonds is 33. The van der Waals surface area contributed by atoms with E-state index in [1.807, 2.05) is 0 Å². The molecule has 0 spiro atoms. The minimum absolute atomic E-state index is 0.366.